The second kappa shape index (κ2) is 16.4. The molecule has 1 amide bonds. The smallest absolute Gasteiger partial charge is 0.253 e. The van der Waals surface area contributed by atoms with Gasteiger partial charge in [-0.1, -0.05) is 51.2 Å². The van der Waals surface area contributed by atoms with Crippen molar-refractivity contribution in [1.82, 2.24) is 19.5 Å². The number of aromatic nitrogens is 3. The molecule has 10 heteroatoms. The lowest BCUT2D eigenvalue weighted by molar-refractivity contribution is -0.143. The molecule has 220 valence electrons. The minimum Gasteiger partial charge on any atom is -0.393 e. The predicted octanol–water partition coefficient (Wildman–Crippen LogP) is 4.88. The Morgan fingerprint density at radius 1 is 1.32 bits per heavy atom. The number of fused-ring (bicyclic) bond motifs is 1. The van der Waals surface area contributed by atoms with Gasteiger partial charge in [0.2, 0.25) is 0 Å². The molecule has 2 aromatic heterocycles. The maximum absolute atomic E-state index is 12.2. The molecule has 0 spiro atoms. The molecular weight excluding hydrogens is 572 g/mol. The third-order valence-corrected chi connectivity index (χ3v) is 7.98. The summed E-state index contributed by atoms with van der Waals surface area (Å²) in [4.78, 5) is 23.1. The highest BCUT2D eigenvalue weighted by Crippen LogP contribution is 2.32. The van der Waals surface area contributed by atoms with E-state index in [4.69, 9.17) is 15.8 Å². The first kappa shape index (κ1) is 33.4. The van der Waals surface area contributed by atoms with E-state index in [0.717, 1.165) is 58.3 Å². The van der Waals surface area contributed by atoms with E-state index < -0.39 is 18.6 Å². The van der Waals surface area contributed by atoms with Crippen LogP contribution in [-0.4, -0.2) is 74.2 Å². The van der Waals surface area contributed by atoms with Gasteiger partial charge in [-0.2, -0.15) is 9.61 Å². The molecule has 0 radical (unpaired) electrons. The van der Waals surface area contributed by atoms with Crippen LogP contribution in [-0.2, 0) is 11.2 Å². The number of nitrogen functional groups attached to an aromatic ring is 1. The quantitative estimate of drug-likeness (QED) is 0.244. The normalized spacial score (nSPS) is 16.6. The number of nitrogens with two attached hydrogens (primary N) is 1. The van der Waals surface area contributed by atoms with Crippen LogP contribution in [0.2, 0.25) is 0 Å². The predicted molar refractivity (Wildman–Crippen MR) is 167 cm³/mol. The molecule has 2 unspecified atom stereocenters. The number of amides is 1. The Balaban J connectivity index is 0.00000274. The number of allylic oxidation sites excluding steroid dienone is 5. The van der Waals surface area contributed by atoms with E-state index in [1.54, 1.807) is 9.42 Å². The van der Waals surface area contributed by atoms with Crippen molar-refractivity contribution in [2.45, 2.75) is 71.8 Å². The van der Waals surface area contributed by atoms with Crippen LogP contribution in [0.15, 0.2) is 52.1 Å². The zero-order valence-corrected chi connectivity index (χ0v) is 26.1. The van der Waals surface area contributed by atoms with Crippen molar-refractivity contribution in [2.75, 3.05) is 32.5 Å². The van der Waals surface area contributed by atoms with Crippen molar-refractivity contribution in [3.63, 3.8) is 0 Å². The number of aliphatic imine (C=N–C) groups is 1. The number of carbonyl (C=O) groups is 1. The number of piperidine rings is 1. The molecule has 0 bridgehead atoms. The maximum Gasteiger partial charge on any atom is 0.253 e. The fourth-order valence-corrected chi connectivity index (χ4v) is 5.25. The molecule has 3 rings (SSSR count). The highest BCUT2D eigenvalue weighted by molar-refractivity contribution is 9.10. The topological polar surface area (TPSA) is 129 Å². The molecule has 4 N–H and O–H groups in total. The van der Waals surface area contributed by atoms with E-state index in [-0.39, 0.29) is 5.92 Å². The van der Waals surface area contributed by atoms with Crippen LogP contribution in [0, 0.1) is 5.92 Å². The summed E-state index contributed by atoms with van der Waals surface area (Å²) < 4.78 is 2.41. The van der Waals surface area contributed by atoms with Gasteiger partial charge < -0.3 is 20.8 Å². The van der Waals surface area contributed by atoms with Gasteiger partial charge in [0.25, 0.3) is 5.91 Å². The standard InChI is InChI=1S/C28H39BrN6O3.C2H6/c1-5-7-21(31-4)9-8-19(6-2)14-18(3)22-16-32-35-26(30)25(29)23(33-27(22)35)15-20-10-12-34(13-11-20)28(38)24(37)17-36;1-2/h5-7,14,16,18,20,24,36-37H,2,8-13,15,17,30H2,1,3-4H3;1-2H3/b7-5-,19-14-,31-21?;. The maximum atomic E-state index is 12.2. The summed E-state index contributed by atoms with van der Waals surface area (Å²) in [6, 6.07) is 0. The summed E-state index contributed by atoms with van der Waals surface area (Å²) in [5, 5.41) is 23.2. The Morgan fingerprint density at radius 2 is 2.00 bits per heavy atom. The average molecular weight is 618 g/mol. The number of aliphatic hydroxyl groups is 2. The van der Waals surface area contributed by atoms with E-state index >= 15 is 0 Å². The highest BCUT2D eigenvalue weighted by Gasteiger charge is 2.28. The van der Waals surface area contributed by atoms with Crippen molar-refractivity contribution in [2.24, 2.45) is 10.9 Å². The third-order valence-electron chi connectivity index (χ3n) is 7.12. The first-order valence-electron chi connectivity index (χ1n) is 14.0. The Kier molecular flexibility index (Phi) is 13.7. The van der Waals surface area contributed by atoms with Crippen molar-refractivity contribution in [3.8, 4) is 0 Å². The Morgan fingerprint density at radius 3 is 2.58 bits per heavy atom. The molecule has 2 atom stereocenters. The Bertz CT molecular complexity index is 1230. The number of hydrogen-bond donors (Lipinski definition) is 3. The number of rotatable bonds is 11. The molecular formula is C30H45BrN6O3. The largest absolute Gasteiger partial charge is 0.393 e. The lowest BCUT2D eigenvalue weighted by atomic mass is 9.91. The zero-order valence-electron chi connectivity index (χ0n) is 24.5. The molecule has 9 nitrogen and oxygen atoms in total. The van der Waals surface area contributed by atoms with Gasteiger partial charge in [-0.15, -0.1) is 0 Å². The molecule has 0 aliphatic carbocycles. The molecule has 1 saturated heterocycles. The van der Waals surface area contributed by atoms with Crippen molar-refractivity contribution < 1.29 is 15.0 Å². The molecule has 3 heterocycles. The number of hydrogen-bond acceptors (Lipinski definition) is 7. The number of halogens is 1. The number of nitrogens with zero attached hydrogens (tertiary/aromatic N) is 5. The minimum atomic E-state index is -1.35. The zero-order chi connectivity index (χ0) is 29.8. The molecule has 1 fully saturated rings. The molecule has 0 aromatic carbocycles. The summed E-state index contributed by atoms with van der Waals surface area (Å²) in [6.45, 7) is 12.6. The first-order chi connectivity index (χ1) is 19.2. The SMILES string of the molecule is C=C/C(=C/C(C)c1cnn2c(N)c(Br)c(CC3CCN(C(=O)C(O)CO)CC3)nc12)CCC(/C=C\C)=NC.CC. The van der Waals surface area contributed by atoms with Gasteiger partial charge in [0, 0.05) is 37.3 Å². The molecule has 1 aliphatic heterocycles. The molecule has 2 aromatic rings. The second-order valence-electron chi connectivity index (χ2n) is 9.71. The number of likely N-dealkylation sites (tertiary alicyclic amines) is 1. The average Bonchev–Trinajstić information content (AvgIpc) is 3.41. The van der Waals surface area contributed by atoms with Crippen LogP contribution < -0.4 is 5.73 Å². The van der Waals surface area contributed by atoms with E-state index in [1.165, 1.54) is 0 Å². The summed E-state index contributed by atoms with van der Waals surface area (Å²) in [5.74, 6) is 0.460. The van der Waals surface area contributed by atoms with Crippen LogP contribution >= 0.6 is 15.9 Å². The van der Waals surface area contributed by atoms with Gasteiger partial charge >= 0.3 is 0 Å². The number of aliphatic hydroxyl groups excluding tert-OH is 2. The van der Waals surface area contributed by atoms with Crippen molar-refractivity contribution in [1.29, 1.82) is 0 Å². The van der Waals surface area contributed by atoms with E-state index in [0.29, 0.717) is 31.2 Å². The van der Waals surface area contributed by atoms with Gasteiger partial charge in [-0.25, -0.2) is 4.98 Å². The molecule has 1 aliphatic rings. The Hall–Kier alpha value is -2.82. The van der Waals surface area contributed by atoms with Crippen LogP contribution in [0.1, 0.15) is 70.6 Å². The van der Waals surface area contributed by atoms with Crippen LogP contribution in [0.3, 0.4) is 0 Å². The van der Waals surface area contributed by atoms with E-state index in [9.17, 15) is 9.90 Å². The summed E-state index contributed by atoms with van der Waals surface area (Å²) in [7, 11) is 1.81. The van der Waals surface area contributed by atoms with Gasteiger partial charge in [0.05, 0.1) is 23.0 Å². The Labute approximate surface area is 246 Å². The number of anilines is 1. The monoisotopic (exact) mass is 616 g/mol. The van der Waals surface area contributed by atoms with E-state index in [2.05, 4.69) is 45.6 Å². The number of carbonyl (C=O) groups excluding carboxylic acids is 1. The summed E-state index contributed by atoms with van der Waals surface area (Å²) in [5.41, 5.74) is 11.2. The second-order valence-corrected chi connectivity index (χ2v) is 10.5. The van der Waals surface area contributed by atoms with Crippen molar-refractivity contribution in [3.05, 3.63) is 58.4 Å². The van der Waals surface area contributed by atoms with Crippen LogP contribution in [0.25, 0.3) is 5.65 Å². The first-order valence-corrected chi connectivity index (χ1v) is 14.8. The van der Waals surface area contributed by atoms with Gasteiger partial charge in [0.15, 0.2) is 11.8 Å². The van der Waals surface area contributed by atoms with E-state index in [1.807, 2.05) is 52.2 Å². The molecule has 40 heavy (non-hydrogen) atoms. The van der Waals surface area contributed by atoms with Gasteiger partial charge in [-0.3, -0.25) is 9.79 Å². The van der Waals surface area contributed by atoms with Gasteiger partial charge in [-0.05, 0) is 67.0 Å². The molecule has 0 saturated carbocycles. The fourth-order valence-electron chi connectivity index (χ4n) is 4.84. The lowest BCUT2D eigenvalue weighted by Gasteiger charge is -2.33. The van der Waals surface area contributed by atoms with Crippen molar-refractivity contribution >= 4 is 39.0 Å². The summed E-state index contributed by atoms with van der Waals surface area (Å²) in [6.07, 6.45) is 12.6. The van der Waals surface area contributed by atoms with Crippen LogP contribution in [0.4, 0.5) is 5.82 Å². The third kappa shape index (κ3) is 8.34. The fraction of sp³-hybridized carbons (Fsp3) is 0.533. The van der Waals surface area contributed by atoms with Crippen LogP contribution in [0.5, 0.6) is 0 Å². The lowest BCUT2D eigenvalue weighted by Crippen LogP contribution is -2.45. The highest BCUT2D eigenvalue weighted by atomic mass is 79.9. The van der Waals surface area contributed by atoms with Gasteiger partial charge in [0.1, 0.15) is 5.82 Å². The minimum absolute atomic E-state index is 0.0531. The summed E-state index contributed by atoms with van der Waals surface area (Å²) >= 11 is 3.63.